The molecule has 2 aliphatic heterocycles. The van der Waals surface area contributed by atoms with Crippen molar-refractivity contribution in [2.45, 2.75) is 18.9 Å². The molecule has 9 heteroatoms. The van der Waals surface area contributed by atoms with Crippen molar-refractivity contribution in [2.75, 3.05) is 43.4 Å². The number of piperazine rings is 1. The minimum absolute atomic E-state index is 0. The Kier molecular flexibility index (Phi) is 7.38. The summed E-state index contributed by atoms with van der Waals surface area (Å²) in [5, 5.41) is 11.6. The van der Waals surface area contributed by atoms with E-state index in [-0.39, 0.29) is 30.1 Å². The molecular formula is C17H24ClN5O3. The Balaban J connectivity index is 0.00000243. The van der Waals surface area contributed by atoms with Gasteiger partial charge in [0.25, 0.3) is 0 Å². The Bertz CT molecular complexity index is 664. The molecule has 3 amide bonds. The molecule has 142 valence electrons. The molecule has 2 fully saturated rings. The molecule has 0 saturated carbocycles. The molecule has 1 unspecified atom stereocenters. The molecule has 0 bridgehead atoms. The molecule has 0 spiro atoms. The SMILES string of the molecule is Cl.O=C1CCC(Nc2cccc(NC(=O)CN3CCNCC3)c2)C(=O)N1. The fourth-order valence-electron chi connectivity index (χ4n) is 2.99. The maximum Gasteiger partial charge on any atom is 0.249 e. The van der Waals surface area contributed by atoms with Gasteiger partial charge in [0.1, 0.15) is 6.04 Å². The number of amides is 3. The first kappa shape index (κ1) is 20.2. The number of imide groups is 1. The van der Waals surface area contributed by atoms with E-state index in [1.807, 2.05) is 18.2 Å². The molecule has 3 rings (SSSR count). The highest BCUT2D eigenvalue weighted by Gasteiger charge is 2.26. The van der Waals surface area contributed by atoms with Crippen LogP contribution in [0.3, 0.4) is 0 Å². The van der Waals surface area contributed by atoms with Crippen molar-refractivity contribution in [3.63, 3.8) is 0 Å². The van der Waals surface area contributed by atoms with E-state index in [2.05, 4.69) is 26.2 Å². The normalized spacial score (nSPS) is 20.7. The summed E-state index contributed by atoms with van der Waals surface area (Å²) < 4.78 is 0. The average Bonchev–Trinajstić information content (AvgIpc) is 2.58. The lowest BCUT2D eigenvalue weighted by Crippen LogP contribution is -2.47. The first-order valence-corrected chi connectivity index (χ1v) is 8.53. The lowest BCUT2D eigenvalue weighted by molar-refractivity contribution is -0.133. The van der Waals surface area contributed by atoms with Crippen molar-refractivity contribution in [1.29, 1.82) is 0 Å². The van der Waals surface area contributed by atoms with Crippen LogP contribution in [0.1, 0.15) is 12.8 Å². The van der Waals surface area contributed by atoms with Gasteiger partial charge in [-0.1, -0.05) is 6.07 Å². The van der Waals surface area contributed by atoms with Crippen molar-refractivity contribution >= 4 is 41.5 Å². The lowest BCUT2D eigenvalue weighted by Gasteiger charge is -2.26. The van der Waals surface area contributed by atoms with Crippen molar-refractivity contribution in [3.05, 3.63) is 24.3 Å². The molecule has 2 heterocycles. The van der Waals surface area contributed by atoms with Gasteiger partial charge in [-0.25, -0.2) is 0 Å². The van der Waals surface area contributed by atoms with E-state index < -0.39 is 6.04 Å². The highest BCUT2D eigenvalue weighted by atomic mass is 35.5. The number of anilines is 2. The van der Waals surface area contributed by atoms with Gasteiger partial charge >= 0.3 is 0 Å². The Hall–Kier alpha value is -2.16. The van der Waals surface area contributed by atoms with E-state index in [4.69, 9.17) is 0 Å². The third-order valence-corrected chi connectivity index (χ3v) is 4.30. The number of halogens is 1. The highest BCUT2D eigenvalue weighted by molar-refractivity contribution is 6.01. The van der Waals surface area contributed by atoms with Crippen molar-refractivity contribution < 1.29 is 14.4 Å². The molecule has 26 heavy (non-hydrogen) atoms. The second-order valence-electron chi connectivity index (χ2n) is 6.30. The number of piperidine rings is 1. The van der Waals surface area contributed by atoms with E-state index in [1.165, 1.54) is 0 Å². The summed E-state index contributed by atoms with van der Waals surface area (Å²) in [6.07, 6.45) is 0.786. The summed E-state index contributed by atoms with van der Waals surface area (Å²) in [4.78, 5) is 37.3. The molecule has 2 aliphatic rings. The van der Waals surface area contributed by atoms with Crippen LogP contribution in [0.5, 0.6) is 0 Å². The van der Waals surface area contributed by atoms with Crippen LogP contribution >= 0.6 is 12.4 Å². The minimum atomic E-state index is -0.440. The van der Waals surface area contributed by atoms with E-state index in [9.17, 15) is 14.4 Å². The van der Waals surface area contributed by atoms with Crippen molar-refractivity contribution in [3.8, 4) is 0 Å². The van der Waals surface area contributed by atoms with Gasteiger partial charge in [-0.3, -0.25) is 24.6 Å². The highest BCUT2D eigenvalue weighted by Crippen LogP contribution is 2.18. The molecule has 0 radical (unpaired) electrons. The monoisotopic (exact) mass is 381 g/mol. The number of carbonyl (C=O) groups is 3. The smallest absolute Gasteiger partial charge is 0.249 e. The zero-order valence-corrected chi connectivity index (χ0v) is 15.2. The number of benzene rings is 1. The second-order valence-corrected chi connectivity index (χ2v) is 6.30. The fraction of sp³-hybridized carbons (Fsp3) is 0.471. The van der Waals surface area contributed by atoms with Crippen LogP contribution in [-0.2, 0) is 14.4 Å². The van der Waals surface area contributed by atoms with Crippen LogP contribution in [0.25, 0.3) is 0 Å². The number of rotatable bonds is 5. The zero-order chi connectivity index (χ0) is 17.6. The third kappa shape index (κ3) is 5.69. The molecule has 1 aromatic carbocycles. The van der Waals surface area contributed by atoms with Gasteiger partial charge in [-0.2, -0.15) is 0 Å². The van der Waals surface area contributed by atoms with Gasteiger partial charge in [0.15, 0.2) is 0 Å². The predicted molar refractivity (Wildman–Crippen MR) is 101 cm³/mol. The summed E-state index contributed by atoms with van der Waals surface area (Å²) in [5.41, 5.74) is 1.41. The van der Waals surface area contributed by atoms with Crippen LogP contribution < -0.4 is 21.3 Å². The standard InChI is InChI=1S/C17H23N5O3.ClH/c23-15-5-4-14(17(25)21-15)19-12-2-1-3-13(10-12)20-16(24)11-22-8-6-18-7-9-22;/h1-3,10,14,18-19H,4-9,11H2,(H,20,24)(H,21,23,25);1H. The van der Waals surface area contributed by atoms with Crippen molar-refractivity contribution in [1.82, 2.24) is 15.5 Å². The summed E-state index contributed by atoms with van der Waals surface area (Å²) in [6.45, 7) is 3.90. The summed E-state index contributed by atoms with van der Waals surface area (Å²) in [7, 11) is 0. The Morgan fingerprint density at radius 3 is 2.65 bits per heavy atom. The number of hydrogen-bond donors (Lipinski definition) is 4. The fourth-order valence-corrected chi connectivity index (χ4v) is 2.99. The Morgan fingerprint density at radius 1 is 1.19 bits per heavy atom. The van der Waals surface area contributed by atoms with Crippen LogP contribution in [0.15, 0.2) is 24.3 Å². The summed E-state index contributed by atoms with van der Waals surface area (Å²) >= 11 is 0. The number of nitrogens with zero attached hydrogens (tertiary/aromatic N) is 1. The first-order valence-electron chi connectivity index (χ1n) is 8.53. The molecule has 1 atom stereocenters. The average molecular weight is 382 g/mol. The van der Waals surface area contributed by atoms with Gasteiger partial charge in [-0.05, 0) is 24.6 Å². The van der Waals surface area contributed by atoms with Crippen LogP contribution in [0.2, 0.25) is 0 Å². The molecule has 4 N–H and O–H groups in total. The zero-order valence-electron chi connectivity index (χ0n) is 14.4. The largest absolute Gasteiger partial charge is 0.374 e. The molecular weight excluding hydrogens is 358 g/mol. The van der Waals surface area contributed by atoms with E-state index in [0.717, 1.165) is 31.9 Å². The number of hydrogen-bond acceptors (Lipinski definition) is 6. The van der Waals surface area contributed by atoms with Gasteiger partial charge in [0.2, 0.25) is 17.7 Å². The maximum atomic E-state index is 12.2. The molecule has 0 aromatic heterocycles. The predicted octanol–water partition coefficient (Wildman–Crippen LogP) is 0.169. The van der Waals surface area contributed by atoms with Crippen LogP contribution in [0.4, 0.5) is 11.4 Å². The first-order chi connectivity index (χ1) is 12.1. The minimum Gasteiger partial charge on any atom is -0.374 e. The van der Waals surface area contributed by atoms with Gasteiger partial charge in [0.05, 0.1) is 6.54 Å². The third-order valence-electron chi connectivity index (χ3n) is 4.30. The summed E-state index contributed by atoms with van der Waals surface area (Å²) in [6, 6.07) is 6.80. The molecule has 0 aliphatic carbocycles. The van der Waals surface area contributed by atoms with E-state index >= 15 is 0 Å². The van der Waals surface area contributed by atoms with Gasteiger partial charge < -0.3 is 16.0 Å². The second kappa shape index (κ2) is 9.51. The topological polar surface area (TPSA) is 103 Å². The van der Waals surface area contributed by atoms with Gasteiger partial charge in [0, 0.05) is 44.0 Å². The van der Waals surface area contributed by atoms with Crippen LogP contribution in [0, 0.1) is 0 Å². The number of nitrogens with one attached hydrogen (secondary N) is 4. The van der Waals surface area contributed by atoms with Crippen molar-refractivity contribution in [2.24, 2.45) is 0 Å². The van der Waals surface area contributed by atoms with E-state index in [1.54, 1.807) is 6.07 Å². The van der Waals surface area contributed by atoms with Gasteiger partial charge in [-0.15, -0.1) is 12.4 Å². The maximum absolute atomic E-state index is 12.2. The number of carbonyl (C=O) groups excluding carboxylic acids is 3. The molecule has 2 saturated heterocycles. The summed E-state index contributed by atoms with van der Waals surface area (Å²) in [5.74, 6) is -0.610. The quantitative estimate of drug-likeness (QED) is 0.542. The lowest BCUT2D eigenvalue weighted by atomic mass is 10.1. The molecule has 1 aromatic rings. The van der Waals surface area contributed by atoms with Crippen LogP contribution in [-0.4, -0.2) is 61.4 Å². The molecule has 8 nitrogen and oxygen atoms in total. The Labute approximate surface area is 158 Å². The Morgan fingerprint density at radius 2 is 1.92 bits per heavy atom. The van der Waals surface area contributed by atoms with E-state index in [0.29, 0.717) is 25.1 Å².